The number of halogens is 1. The first-order valence-corrected chi connectivity index (χ1v) is 6.01. The molecular formula is C10H19ClN3O+. The first-order valence-electron chi connectivity index (χ1n) is 5.63. The van der Waals surface area contributed by atoms with Gasteiger partial charge in [-0.05, 0) is 6.92 Å². The average molecular weight is 233 g/mol. The van der Waals surface area contributed by atoms with Gasteiger partial charge in [0.1, 0.15) is 24.8 Å². The highest BCUT2D eigenvalue weighted by atomic mass is 35.5. The van der Waals surface area contributed by atoms with Crippen LogP contribution < -0.4 is 10.2 Å². The van der Waals surface area contributed by atoms with Crippen LogP contribution in [-0.2, 0) is 4.74 Å². The summed E-state index contributed by atoms with van der Waals surface area (Å²) in [6.07, 6.45) is 1.05. The van der Waals surface area contributed by atoms with E-state index in [9.17, 15) is 0 Å². The van der Waals surface area contributed by atoms with Crippen LogP contribution in [0.25, 0.3) is 0 Å². The molecule has 1 fully saturated rings. The molecule has 2 N–H and O–H groups in total. The van der Waals surface area contributed by atoms with Crippen molar-refractivity contribution in [2.24, 2.45) is 4.99 Å². The van der Waals surface area contributed by atoms with Crippen molar-refractivity contribution in [2.45, 2.75) is 25.6 Å². The molecule has 0 aromatic heterocycles. The number of ether oxygens (including phenoxy) is 1. The Morgan fingerprint density at radius 2 is 2.27 bits per heavy atom. The lowest BCUT2D eigenvalue weighted by molar-refractivity contribution is -0.909. The molecule has 0 aromatic rings. The van der Waals surface area contributed by atoms with Crippen molar-refractivity contribution in [1.82, 2.24) is 5.32 Å². The van der Waals surface area contributed by atoms with E-state index >= 15 is 0 Å². The number of aliphatic imine (C=N–C) groups is 1. The van der Waals surface area contributed by atoms with Crippen molar-refractivity contribution < 1.29 is 9.64 Å². The first-order chi connectivity index (χ1) is 7.24. The molecule has 0 spiro atoms. The molecule has 2 aliphatic rings. The smallest absolute Gasteiger partial charge is 0.150 e. The van der Waals surface area contributed by atoms with Gasteiger partial charge in [-0.2, -0.15) is 0 Å². The fraction of sp³-hybridized carbons (Fsp3) is 0.900. The normalized spacial score (nSPS) is 33.9. The van der Waals surface area contributed by atoms with Crippen molar-refractivity contribution in [3.63, 3.8) is 0 Å². The van der Waals surface area contributed by atoms with Crippen LogP contribution >= 0.6 is 11.6 Å². The lowest BCUT2D eigenvalue weighted by atomic mass is 10.2. The molecular weight excluding hydrogens is 214 g/mol. The number of quaternary nitrogens is 1. The molecule has 4 nitrogen and oxygen atoms in total. The Morgan fingerprint density at radius 3 is 2.93 bits per heavy atom. The van der Waals surface area contributed by atoms with Crippen molar-refractivity contribution in [3.05, 3.63) is 0 Å². The van der Waals surface area contributed by atoms with Gasteiger partial charge in [-0.1, -0.05) is 11.6 Å². The highest BCUT2D eigenvalue weighted by molar-refractivity contribution is 6.65. The maximum absolute atomic E-state index is 6.00. The summed E-state index contributed by atoms with van der Waals surface area (Å²) < 4.78 is 5.33. The second-order valence-electron chi connectivity index (χ2n) is 4.36. The van der Waals surface area contributed by atoms with Crippen molar-refractivity contribution in [2.75, 3.05) is 32.8 Å². The minimum Gasteiger partial charge on any atom is -0.370 e. The standard InChI is InChI=1S/C10H18ClN3O/c1-8-6-9(11)13-10(12-8)7-14-2-4-15-5-3-14/h8,10,12H,2-7H2,1H3/p+1. The predicted molar refractivity (Wildman–Crippen MR) is 60.7 cm³/mol. The minimum absolute atomic E-state index is 0.189. The molecule has 86 valence electrons. The van der Waals surface area contributed by atoms with Crippen LogP contribution in [0.2, 0.25) is 0 Å². The summed E-state index contributed by atoms with van der Waals surface area (Å²) in [5, 5.41) is 4.22. The van der Waals surface area contributed by atoms with E-state index < -0.39 is 0 Å². The van der Waals surface area contributed by atoms with Gasteiger partial charge in [-0.15, -0.1) is 0 Å². The molecule has 2 heterocycles. The van der Waals surface area contributed by atoms with Gasteiger partial charge in [-0.3, -0.25) is 10.3 Å². The van der Waals surface area contributed by atoms with Gasteiger partial charge in [0.05, 0.1) is 13.2 Å². The number of hydrogen-bond acceptors (Lipinski definition) is 3. The lowest BCUT2D eigenvalue weighted by Crippen LogP contribution is -3.15. The monoisotopic (exact) mass is 232 g/mol. The molecule has 0 saturated carbocycles. The second-order valence-corrected chi connectivity index (χ2v) is 4.80. The maximum atomic E-state index is 6.00. The van der Waals surface area contributed by atoms with E-state index in [1.165, 1.54) is 0 Å². The van der Waals surface area contributed by atoms with Crippen LogP contribution in [0.4, 0.5) is 0 Å². The van der Waals surface area contributed by atoms with Crippen LogP contribution in [0.5, 0.6) is 0 Å². The van der Waals surface area contributed by atoms with Gasteiger partial charge in [0.2, 0.25) is 0 Å². The molecule has 2 aliphatic heterocycles. The Labute approximate surface area is 95.6 Å². The zero-order chi connectivity index (χ0) is 10.7. The molecule has 0 amide bonds. The largest absolute Gasteiger partial charge is 0.370 e. The molecule has 2 rings (SSSR count). The number of nitrogens with zero attached hydrogens (tertiary/aromatic N) is 1. The number of rotatable bonds is 2. The zero-order valence-electron chi connectivity index (χ0n) is 9.13. The Hall–Kier alpha value is -0.160. The van der Waals surface area contributed by atoms with Crippen molar-refractivity contribution in [3.8, 4) is 0 Å². The number of morpholine rings is 1. The Balaban J connectivity index is 1.85. The third-order valence-electron chi connectivity index (χ3n) is 2.93. The summed E-state index contributed by atoms with van der Waals surface area (Å²) in [4.78, 5) is 5.99. The molecule has 1 saturated heterocycles. The molecule has 0 aromatic carbocycles. The average Bonchev–Trinajstić information content (AvgIpc) is 2.17. The second kappa shape index (κ2) is 5.25. The van der Waals surface area contributed by atoms with Gasteiger partial charge in [0, 0.05) is 12.5 Å². The van der Waals surface area contributed by atoms with Gasteiger partial charge < -0.3 is 9.64 Å². The predicted octanol–water partition coefficient (Wildman–Crippen LogP) is -0.753. The summed E-state index contributed by atoms with van der Waals surface area (Å²) >= 11 is 6.00. The first kappa shape index (κ1) is 11.3. The quantitative estimate of drug-likeness (QED) is 0.658. The molecule has 0 aliphatic carbocycles. The molecule has 2 atom stereocenters. The third-order valence-corrected chi connectivity index (χ3v) is 3.18. The zero-order valence-corrected chi connectivity index (χ0v) is 9.89. The van der Waals surface area contributed by atoms with Crippen LogP contribution in [0.15, 0.2) is 4.99 Å². The summed E-state index contributed by atoms with van der Waals surface area (Å²) in [5.41, 5.74) is 0. The van der Waals surface area contributed by atoms with Crippen LogP contribution in [-0.4, -0.2) is 50.2 Å². The Bertz CT molecular complexity index is 241. The molecule has 15 heavy (non-hydrogen) atoms. The summed E-state index contributed by atoms with van der Waals surface area (Å²) in [6, 6.07) is 0.445. The van der Waals surface area contributed by atoms with Crippen LogP contribution in [0.1, 0.15) is 13.3 Å². The summed E-state index contributed by atoms with van der Waals surface area (Å²) in [7, 11) is 0. The fourth-order valence-electron chi connectivity index (χ4n) is 2.14. The Kier molecular flexibility index (Phi) is 3.97. The van der Waals surface area contributed by atoms with E-state index in [1.807, 2.05) is 0 Å². The number of nitrogens with one attached hydrogen (secondary N) is 2. The molecule has 5 heteroatoms. The SMILES string of the molecule is CC1CC(Cl)=NC(C[NH+]2CCOCC2)N1. The van der Waals surface area contributed by atoms with Crippen LogP contribution in [0, 0.1) is 0 Å². The van der Waals surface area contributed by atoms with Crippen molar-refractivity contribution in [1.29, 1.82) is 0 Å². The minimum atomic E-state index is 0.189. The van der Waals surface area contributed by atoms with E-state index in [-0.39, 0.29) is 6.17 Å². The highest BCUT2D eigenvalue weighted by Gasteiger charge is 2.24. The summed E-state index contributed by atoms with van der Waals surface area (Å²) in [6.45, 7) is 7.08. The maximum Gasteiger partial charge on any atom is 0.150 e. The molecule has 0 radical (unpaired) electrons. The lowest BCUT2D eigenvalue weighted by Gasteiger charge is -2.30. The van der Waals surface area contributed by atoms with Gasteiger partial charge >= 0.3 is 0 Å². The molecule has 0 bridgehead atoms. The van der Waals surface area contributed by atoms with Crippen molar-refractivity contribution >= 4 is 16.8 Å². The highest BCUT2D eigenvalue weighted by Crippen LogP contribution is 2.07. The van der Waals surface area contributed by atoms with E-state index in [0.717, 1.165) is 44.4 Å². The van der Waals surface area contributed by atoms with E-state index in [4.69, 9.17) is 16.3 Å². The van der Waals surface area contributed by atoms with Gasteiger partial charge in [-0.25, -0.2) is 0 Å². The van der Waals surface area contributed by atoms with E-state index in [2.05, 4.69) is 17.2 Å². The number of hydrogen-bond donors (Lipinski definition) is 2. The van der Waals surface area contributed by atoms with Gasteiger partial charge in [0.25, 0.3) is 0 Å². The van der Waals surface area contributed by atoms with Gasteiger partial charge in [0.15, 0.2) is 6.17 Å². The third kappa shape index (κ3) is 3.41. The molecule has 2 unspecified atom stereocenters. The summed E-state index contributed by atoms with van der Waals surface area (Å²) in [5.74, 6) is 0. The van der Waals surface area contributed by atoms with E-state index in [0.29, 0.717) is 6.04 Å². The topological polar surface area (TPSA) is 38.1 Å². The van der Waals surface area contributed by atoms with Crippen LogP contribution in [0.3, 0.4) is 0 Å². The fourth-order valence-corrected chi connectivity index (χ4v) is 2.49. The van der Waals surface area contributed by atoms with E-state index in [1.54, 1.807) is 4.90 Å². The Morgan fingerprint density at radius 1 is 1.53 bits per heavy atom.